The van der Waals surface area contributed by atoms with E-state index in [0.717, 1.165) is 23.7 Å². The Kier molecular flexibility index (Phi) is 3.23. The van der Waals surface area contributed by atoms with E-state index >= 15 is 0 Å². The van der Waals surface area contributed by atoms with Crippen LogP contribution >= 0.6 is 0 Å². The van der Waals surface area contributed by atoms with E-state index in [1.54, 1.807) is 0 Å². The van der Waals surface area contributed by atoms with Crippen molar-refractivity contribution in [2.24, 2.45) is 29.4 Å². The molecule has 0 heterocycles. The molecule has 0 amide bonds. The Hall–Kier alpha value is -0.0400. The third kappa shape index (κ3) is 2.28. The highest BCUT2D eigenvalue weighted by atomic mass is 14.9. The van der Waals surface area contributed by atoms with Gasteiger partial charge in [0, 0.05) is 5.54 Å². The molecule has 3 saturated carbocycles. The standard InChI is InChI=1S/C16H29N/c1-12-11-16(12,17)15-9-7-14(8-10-15)13-5-3-2-4-6-13/h12-15H,2-11,17H2,1H3/t12?,14?,15?,16-/m1/s1. The van der Waals surface area contributed by atoms with Gasteiger partial charge in [0.15, 0.2) is 0 Å². The van der Waals surface area contributed by atoms with Crippen molar-refractivity contribution in [2.45, 2.75) is 76.7 Å². The van der Waals surface area contributed by atoms with Crippen LogP contribution in [0.15, 0.2) is 0 Å². The second kappa shape index (κ2) is 4.57. The first-order valence-electron chi connectivity index (χ1n) is 7.99. The molecule has 0 aromatic rings. The average molecular weight is 235 g/mol. The van der Waals surface area contributed by atoms with Gasteiger partial charge in [-0.15, -0.1) is 0 Å². The second-order valence-electron chi connectivity index (χ2n) is 7.23. The molecule has 0 aromatic carbocycles. The second-order valence-corrected chi connectivity index (χ2v) is 7.23. The third-order valence-electron chi connectivity index (χ3n) is 6.27. The zero-order valence-corrected chi connectivity index (χ0v) is 11.5. The molecule has 1 unspecified atom stereocenters. The summed E-state index contributed by atoms with van der Waals surface area (Å²) in [6.07, 6.45) is 14.7. The smallest absolute Gasteiger partial charge is 0.0212 e. The maximum atomic E-state index is 6.49. The molecule has 0 bridgehead atoms. The highest BCUT2D eigenvalue weighted by Gasteiger charge is 2.53. The lowest BCUT2D eigenvalue weighted by molar-refractivity contribution is 0.149. The summed E-state index contributed by atoms with van der Waals surface area (Å²) in [6, 6.07) is 0. The Morgan fingerprint density at radius 1 is 0.824 bits per heavy atom. The lowest BCUT2D eigenvalue weighted by Crippen LogP contribution is -2.38. The fourth-order valence-corrected chi connectivity index (χ4v) is 4.77. The van der Waals surface area contributed by atoms with Crippen molar-refractivity contribution in [2.75, 3.05) is 0 Å². The van der Waals surface area contributed by atoms with Gasteiger partial charge in [-0.2, -0.15) is 0 Å². The van der Waals surface area contributed by atoms with E-state index in [9.17, 15) is 0 Å². The Labute approximate surface area is 107 Å². The zero-order valence-electron chi connectivity index (χ0n) is 11.5. The molecule has 3 rings (SSSR count). The third-order valence-corrected chi connectivity index (χ3v) is 6.27. The predicted molar refractivity (Wildman–Crippen MR) is 72.7 cm³/mol. The lowest BCUT2D eigenvalue weighted by Gasteiger charge is -2.38. The van der Waals surface area contributed by atoms with Gasteiger partial charge in [0.25, 0.3) is 0 Å². The minimum absolute atomic E-state index is 0.261. The minimum Gasteiger partial charge on any atom is -0.325 e. The molecule has 3 aliphatic rings. The number of hydrogen-bond donors (Lipinski definition) is 1. The summed E-state index contributed by atoms with van der Waals surface area (Å²) in [5.74, 6) is 3.80. The van der Waals surface area contributed by atoms with E-state index in [4.69, 9.17) is 5.73 Å². The molecule has 0 radical (unpaired) electrons. The number of nitrogens with two attached hydrogens (primary N) is 1. The van der Waals surface area contributed by atoms with Gasteiger partial charge in [0.2, 0.25) is 0 Å². The molecular weight excluding hydrogens is 206 g/mol. The van der Waals surface area contributed by atoms with Crippen molar-refractivity contribution in [1.29, 1.82) is 0 Å². The predicted octanol–water partition coefficient (Wildman–Crippen LogP) is 4.11. The largest absolute Gasteiger partial charge is 0.325 e. The van der Waals surface area contributed by atoms with Gasteiger partial charge < -0.3 is 5.73 Å². The van der Waals surface area contributed by atoms with E-state index in [1.165, 1.54) is 64.2 Å². The molecule has 0 aliphatic heterocycles. The van der Waals surface area contributed by atoms with Crippen molar-refractivity contribution in [1.82, 2.24) is 0 Å². The zero-order chi connectivity index (χ0) is 11.9. The first-order valence-corrected chi connectivity index (χ1v) is 7.99. The van der Waals surface area contributed by atoms with Crippen LogP contribution in [0.5, 0.6) is 0 Å². The lowest BCUT2D eigenvalue weighted by atomic mass is 9.69. The molecule has 0 saturated heterocycles. The van der Waals surface area contributed by atoms with E-state index in [-0.39, 0.29) is 5.54 Å². The van der Waals surface area contributed by atoms with Gasteiger partial charge in [-0.25, -0.2) is 0 Å². The van der Waals surface area contributed by atoms with Crippen molar-refractivity contribution in [3.8, 4) is 0 Å². The fraction of sp³-hybridized carbons (Fsp3) is 1.00. The summed E-state index contributed by atoms with van der Waals surface area (Å²) in [7, 11) is 0. The van der Waals surface area contributed by atoms with E-state index in [0.29, 0.717) is 0 Å². The Morgan fingerprint density at radius 3 is 1.88 bits per heavy atom. The van der Waals surface area contributed by atoms with Gasteiger partial charge in [-0.1, -0.05) is 39.0 Å². The van der Waals surface area contributed by atoms with Gasteiger partial charge in [-0.05, 0) is 55.8 Å². The molecule has 98 valence electrons. The first-order chi connectivity index (χ1) is 8.20. The summed E-state index contributed by atoms with van der Waals surface area (Å²) in [5.41, 5.74) is 6.75. The molecule has 0 aromatic heterocycles. The topological polar surface area (TPSA) is 26.0 Å². The van der Waals surface area contributed by atoms with Gasteiger partial charge >= 0.3 is 0 Å². The van der Waals surface area contributed by atoms with Crippen molar-refractivity contribution >= 4 is 0 Å². The van der Waals surface area contributed by atoms with Crippen molar-refractivity contribution in [3.63, 3.8) is 0 Å². The van der Waals surface area contributed by atoms with Gasteiger partial charge in [-0.3, -0.25) is 0 Å². The summed E-state index contributed by atoms with van der Waals surface area (Å²) in [4.78, 5) is 0. The number of hydrogen-bond acceptors (Lipinski definition) is 1. The molecular formula is C16H29N. The van der Waals surface area contributed by atoms with Crippen LogP contribution in [-0.2, 0) is 0 Å². The van der Waals surface area contributed by atoms with E-state index in [1.807, 2.05) is 0 Å². The van der Waals surface area contributed by atoms with Crippen LogP contribution in [0.3, 0.4) is 0 Å². The summed E-state index contributed by atoms with van der Waals surface area (Å²) < 4.78 is 0. The Balaban J connectivity index is 1.50. The van der Waals surface area contributed by atoms with Crippen LogP contribution in [0.4, 0.5) is 0 Å². The monoisotopic (exact) mass is 235 g/mol. The molecule has 1 nitrogen and oxygen atoms in total. The van der Waals surface area contributed by atoms with Crippen LogP contribution in [0.1, 0.15) is 71.1 Å². The van der Waals surface area contributed by atoms with Crippen LogP contribution in [-0.4, -0.2) is 5.54 Å². The maximum Gasteiger partial charge on any atom is 0.0212 e. The van der Waals surface area contributed by atoms with Crippen molar-refractivity contribution in [3.05, 3.63) is 0 Å². The molecule has 1 heteroatoms. The number of rotatable bonds is 2. The van der Waals surface area contributed by atoms with Gasteiger partial charge in [0.05, 0.1) is 0 Å². The van der Waals surface area contributed by atoms with Gasteiger partial charge in [0.1, 0.15) is 0 Å². The highest BCUT2D eigenvalue weighted by Crippen LogP contribution is 2.52. The van der Waals surface area contributed by atoms with Crippen LogP contribution in [0.25, 0.3) is 0 Å². The average Bonchev–Trinajstić information content (AvgIpc) is 3.00. The highest BCUT2D eigenvalue weighted by molar-refractivity contribution is 5.10. The summed E-state index contributed by atoms with van der Waals surface area (Å²) in [5, 5.41) is 0. The van der Waals surface area contributed by atoms with Crippen molar-refractivity contribution < 1.29 is 0 Å². The normalized spacial score (nSPS) is 48.0. The quantitative estimate of drug-likeness (QED) is 0.766. The Morgan fingerprint density at radius 2 is 1.35 bits per heavy atom. The van der Waals surface area contributed by atoms with Crippen LogP contribution < -0.4 is 5.73 Å². The molecule has 2 N–H and O–H groups in total. The Bertz CT molecular complexity index is 261. The SMILES string of the molecule is CC1C[C@]1(N)C1CCC(C2CCCCC2)CC1. The fourth-order valence-electron chi connectivity index (χ4n) is 4.77. The van der Waals surface area contributed by atoms with E-state index in [2.05, 4.69) is 6.92 Å². The molecule has 3 fully saturated rings. The van der Waals surface area contributed by atoms with E-state index < -0.39 is 0 Å². The minimum atomic E-state index is 0.261. The maximum absolute atomic E-state index is 6.49. The van der Waals surface area contributed by atoms with Crippen LogP contribution in [0, 0.1) is 23.7 Å². The van der Waals surface area contributed by atoms with Crippen LogP contribution in [0.2, 0.25) is 0 Å². The molecule has 3 aliphatic carbocycles. The summed E-state index contributed by atoms with van der Waals surface area (Å²) in [6.45, 7) is 2.34. The summed E-state index contributed by atoms with van der Waals surface area (Å²) >= 11 is 0. The molecule has 0 spiro atoms. The first kappa shape index (κ1) is 12.0. The molecule has 17 heavy (non-hydrogen) atoms. The molecule has 2 atom stereocenters.